The maximum atomic E-state index is 11.8. The van der Waals surface area contributed by atoms with Gasteiger partial charge in [0.1, 0.15) is 0 Å². The highest BCUT2D eigenvalue weighted by atomic mass is 16.8. The van der Waals surface area contributed by atoms with Gasteiger partial charge in [-0.25, -0.2) is 4.79 Å². The summed E-state index contributed by atoms with van der Waals surface area (Å²) in [5.74, 6) is -0.269. The minimum absolute atomic E-state index is 0.129. The fourth-order valence-electron chi connectivity index (χ4n) is 0.850. The van der Waals surface area contributed by atoms with E-state index in [0.717, 1.165) is 0 Å². The molecule has 1 atom stereocenters. The van der Waals surface area contributed by atoms with Crippen molar-refractivity contribution in [2.45, 2.75) is 47.8 Å². The van der Waals surface area contributed by atoms with Gasteiger partial charge < -0.3 is 14.2 Å². The van der Waals surface area contributed by atoms with Gasteiger partial charge in [-0.1, -0.05) is 13.8 Å². The second kappa shape index (κ2) is 6.47. The third-order valence-electron chi connectivity index (χ3n) is 2.77. The molecule has 0 saturated heterocycles. The maximum Gasteiger partial charge on any atom is 0.511 e. The Morgan fingerprint density at radius 3 is 2.06 bits per heavy atom. The van der Waals surface area contributed by atoms with Crippen LogP contribution in [-0.2, 0) is 19.0 Å². The summed E-state index contributed by atoms with van der Waals surface area (Å²) in [6, 6.07) is 0. The molecule has 17 heavy (non-hydrogen) atoms. The van der Waals surface area contributed by atoms with Crippen molar-refractivity contribution in [3.8, 4) is 0 Å². The first-order valence-electron chi connectivity index (χ1n) is 5.76. The molecular weight excluding hydrogens is 224 g/mol. The molecule has 0 aromatic rings. The first kappa shape index (κ1) is 15.7. The van der Waals surface area contributed by atoms with Crippen LogP contribution in [0.2, 0.25) is 0 Å². The van der Waals surface area contributed by atoms with E-state index in [2.05, 4.69) is 4.74 Å². The van der Waals surface area contributed by atoms with Crippen molar-refractivity contribution in [3.05, 3.63) is 0 Å². The molecule has 0 saturated carbocycles. The number of hydrogen-bond donors (Lipinski definition) is 0. The van der Waals surface area contributed by atoms with Crippen LogP contribution in [0.5, 0.6) is 0 Å². The number of carbonyl (C=O) groups is 2. The Hall–Kier alpha value is -1.26. The molecular formula is C12H22O5. The Bertz CT molecular complexity index is 270. The lowest BCUT2D eigenvalue weighted by Gasteiger charge is -2.27. The van der Waals surface area contributed by atoms with Crippen LogP contribution in [0.4, 0.5) is 4.79 Å². The number of hydrogen-bond acceptors (Lipinski definition) is 5. The molecule has 0 amide bonds. The normalized spacial score (nSPS) is 13.1. The minimum Gasteiger partial charge on any atom is -0.435 e. The van der Waals surface area contributed by atoms with Crippen molar-refractivity contribution < 1.29 is 23.8 Å². The van der Waals surface area contributed by atoms with Gasteiger partial charge in [-0.3, -0.25) is 4.79 Å². The van der Waals surface area contributed by atoms with Gasteiger partial charge in [0.05, 0.1) is 12.0 Å². The van der Waals surface area contributed by atoms with Crippen LogP contribution in [0.15, 0.2) is 0 Å². The zero-order chi connectivity index (χ0) is 13.6. The number of ether oxygens (including phenoxy) is 3. The monoisotopic (exact) mass is 246 g/mol. The van der Waals surface area contributed by atoms with Crippen molar-refractivity contribution in [2.75, 3.05) is 6.61 Å². The molecule has 0 aliphatic heterocycles. The summed E-state index contributed by atoms with van der Waals surface area (Å²) in [6.07, 6.45) is -1.78. The standard InChI is InChI=1S/C12H22O5/c1-7-15-11(14)17-9(4)16-10(13)12(5,6)8(2)3/h8-9H,7H2,1-6H3. The van der Waals surface area contributed by atoms with Gasteiger partial charge in [-0.15, -0.1) is 0 Å². The molecule has 5 nitrogen and oxygen atoms in total. The number of rotatable bonds is 5. The maximum absolute atomic E-state index is 11.8. The summed E-state index contributed by atoms with van der Waals surface area (Å²) in [5, 5.41) is 0. The molecule has 0 aliphatic rings. The Balaban J connectivity index is 4.26. The highest BCUT2D eigenvalue weighted by molar-refractivity contribution is 5.76. The second-order valence-electron chi connectivity index (χ2n) is 4.65. The largest absolute Gasteiger partial charge is 0.511 e. The molecule has 0 rings (SSSR count). The molecule has 0 aromatic heterocycles. The third-order valence-corrected chi connectivity index (χ3v) is 2.77. The van der Waals surface area contributed by atoms with E-state index < -0.39 is 23.8 Å². The molecule has 0 aliphatic carbocycles. The molecule has 0 N–H and O–H groups in total. The van der Waals surface area contributed by atoms with Gasteiger partial charge in [0.2, 0.25) is 6.29 Å². The second-order valence-corrected chi connectivity index (χ2v) is 4.65. The third kappa shape index (κ3) is 5.06. The average molecular weight is 246 g/mol. The van der Waals surface area contributed by atoms with Crippen molar-refractivity contribution >= 4 is 12.1 Å². The Morgan fingerprint density at radius 1 is 1.12 bits per heavy atom. The van der Waals surface area contributed by atoms with Crippen molar-refractivity contribution in [1.29, 1.82) is 0 Å². The van der Waals surface area contributed by atoms with Gasteiger partial charge in [0, 0.05) is 6.92 Å². The smallest absolute Gasteiger partial charge is 0.435 e. The fourth-order valence-corrected chi connectivity index (χ4v) is 0.850. The quantitative estimate of drug-likeness (QED) is 0.551. The highest BCUT2D eigenvalue weighted by Crippen LogP contribution is 2.28. The first-order valence-corrected chi connectivity index (χ1v) is 5.76. The van der Waals surface area contributed by atoms with Crippen LogP contribution in [0.1, 0.15) is 41.5 Å². The Kier molecular flexibility index (Phi) is 5.99. The zero-order valence-corrected chi connectivity index (χ0v) is 11.4. The molecule has 0 heterocycles. The lowest BCUT2D eigenvalue weighted by atomic mass is 9.81. The van der Waals surface area contributed by atoms with Crippen LogP contribution in [0.3, 0.4) is 0 Å². The van der Waals surface area contributed by atoms with E-state index in [0.29, 0.717) is 0 Å². The Morgan fingerprint density at radius 2 is 1.65 bits per heavy atom. The molecule has 0 radical (unpaired) electrons. The lowest BCUT2D eigenvalue weighted by molar-refractivity contribution is -0.180. The summed E-state index contributed by atoms with van der Waals surface area (Å²) in [7, 11) is 0. The van der Waals surface area contributed by atoms with Crippen LogP contribution < -0.4 is 0 Å². The summed E-state index contributed by atoms with van der Waals surface area (Å²) in [4.78, 5) is 22.8. The van der Waals surface area contributed by atoms with Gasteiger partial charge in [0.15, 0.2) is 0 Å². The summed E-state index contributed by atoms with van der Waals surface area (Å²) in [5.41, 5.74) is -0.619. The number of esters is 1. The SMILES string of the molecule is CCOC(=O)OC(C)OC(=O)C(C)(C)C(C)C. The van der Waals surface area contributed by atoms with E-state index in [1.807, 2.05) is 13.8 Å². The van der Waals surface area contributed by atoms with E-state index in [1.54, 1.807) is 20.8 Å². The van der Waals surface area contributed by atoms with Gasteiger partial charge in [-0.05, 0) is 26.7 Å². The van der Waals surface area contributed by atoms with E-state index in [-0.39, 0.29) is 12.5 Å². The molecule has 5 heteroatoms. The lowest BCUT2D eigenvalue weighted by Crippen LogP contribution is -2.35. The molecule has 0 bridgehead atoms. The first-order chi connectivity index (χ1) is 7.71. The van der Waals surface area contributed by atoms with Gasteiger partial charge in [-0.2, -0.15) is 0 Å². The molecule has 1 unspecified atom stereocenters. The predicted octanol–water partition coefficient (Wildman–Crippen LogP) is 2.73. The molecule has 0 fully saturated rings. The van der Waals surface area contributed by atoms with E-state index in [4.69, 9.17) is 9.47 Å². The molecule has 100 valence electrons. The van der Waals surface area contributed by atoms with Crippen molar-refractivity contribution in [2.24, 2.45) is 11.3 Å². The highest BCUT2D eigenvalue weighted by Gasteiger charge is 2.34. The molecule has 0 aromatic carbocycles. The summed E-state index contributed by atoms with van der Waals surface area (Å²) >= 11 is 0. The van der Waals surface area contributed by atoms with E-state index >= 15 is 0 Å². The van der Waals surface area contributed by atoms with E-state index in [1.165, 1.54) is 6.92 Å². The van der Waals surface area contributed by atoms with Crippen molar-refractivity contribution in [3.63, 3.8) is 0 Å². The average Bonchev–Trinajstić information content (AvgIpc) is 2.16. The van der Waals surface area contributed by atoms with Crippen LogP contribution >= 0.6 is 0 Å². The molecule has 0 spiro atoms. The van der Waals surface area contributed by atoms with Gasteiger partial charge in [0.25, 0.3) is 0 Å². The summed E-state index contributed by atoms with van der Waals surface area (Å²) < 4.78 is 14.3. The topological polar surface area (TPSA) is 61.8 Å². The van der Waals surface area contributed by atoms with Crippen molar-refractivity contribution in [1.82, 2.24) is 0 Å². The summed E-state index contributed by atoms with van der Waals surface area (Å²) in [6.45, 7) is 10.8. The van der Waals surface area contributed by atoms with Gasteiger partial charge >= 0.3 is 12.1 Å². The fraction of sp³-hybridized carbons (Fsp3) is 0.833. The van der Waals surface area contributed by atoms with Crippen LogP contribution in [-0.4, -0.2) is 25.0 Å². The Labute approximate surface area is 102 Å². The van der Waals surface area contributed by atoms with Crippen LogP contribution in [0.25, 0.3) is 0 Å². The number of carbonyl (C=O) groups excluding carboxylic acids is 2. The zero-order valence-electron chi connectivity index (χ0n) is 11.4. The van der Waals surface area contributed by atoms with E-state index in [9.17, 15) is 9.59 Å². The van der Waals surface area contributed by atoms with Crippen LogP contribution in [0, 0.1) is 11.3 Å². The predicted molar refractivity (Wildman–Crippen MR) is 62.3 cm³/mol. The minimum atomic E-state index is -0.945.